The van der Waals surface area contributed by atoms with E-state index >= 15 is 0 Å². The molecule has 6 rings (SSSR count). The minimum atomic E-state index is -0.845. The summed E-state index contributed by atoms with van der Waals surface area (Å²) < 4.78 is 40.9. The van der Waals surface area contributed by atoms with Crippen molar-refractivity contribution in [2.24, 2.45) is 5.92 Å². The molecule has 10 heteroatoms. The minimum Gasteiger partial charge on any atom is -0.461 e. The van der Waals surface area contributed by atoms with Gasteiger partial charge in [-0.05, 0) is 32.2 Å². The van der Waals surface area contributed by atoms with Gasteiger partial charge in [0.2, 0.25) is 0 Å². The van der Waals surface area contributed by atoms with Crippen LogP contribution in [0.4, 0.5) is 14.6 Å². The molecule has 172 valence electrons. The predicted octanol–water partition coefficient (Wildman–Crippen LogP) is 3.39. The number of ether oxygens (including phenoxy) is 2. The first-order valence-corrected chi connectivity index (χ1v) is 11.8. The number of rotatable bonds is 4. The molecule has 0 N–H and O–H groups in total. The number of hydrogen-bond donors (Lipinski definition) is 0. The Morgan fingerprint density at radius 2 is 2.19 bits per heavy atom. The molecule has 1 saturated carbocycles. The van der Waals surface area contributed by atoms with Crippen LogP contribution in [-0.4, -0.2) is 77.1 Å². The van der Waals surface area contributed by atoms with Crippen LogP contribution >= 0.6 is 11.6 Å². The fourth-order valence-corrected chi connectivity index (χ4v) is 6.05. The van der Waals surface area contributed by atoms with E-state index in [1.54, 1.807) is 0 Å². The lowest BCUT2D eigenvalue weighted by Gasteiger charge is -2.42. The van der Waals surface area contributed by atoms with Gasteiger partial charge >= 0.3 is 6.01 Å². The van der Waals surface area contributed by atoms with E-state index in [2.05, 4.69) is 19.8 Å². The van der Waals surface area contributed by atoms with E-state index in [0.29, 0.717) is 43.2 Å². The lowest BCUT2D eigenvalue weighted by atomic mass is 9.79. The Morgan fingerprint density at radius 1 is 1.28 bits per heavy atom. The van der Waals surface area contributed by atoms with Crippen molar-refractivity contribution in [2.45, 2.75) is 49.9 Å². The van der Waals surface area contributed by atoms with E-state index in [-0.39, 0.29) is 34.9 Å². The van der Waals surface area contributed by atoms with Crippen LogP contribution < -0.4 is 9.64 Å². The van der Waals surface area contributed by atoms with Gasteiger partial charge in [0.25, 0.3) is 0 Å². The van der Waals surface area contributed by atoms with Gasteiger partial charge in [-0.25, -0.2) is 13.8 Å². The van der Waals surface area contributed by atoms with Gasteiger partial charge in [0.05, 0.1) is 24.1 Å². The smallest absolute Gasteiger partial charge is 0.319 e. The number of pyridine rings is 1. The van der Waals surface area contributed by atoms with Gasteiger partial charge in [0.1, 0.15) is 24.1 Å². The second kappa shape index (κ2) is 7.88. The first-order chi connectivity index (χ1) is 15.5. The zero-order valence-electron chi connectivity index (χ0n) is 17.8. The van der Waals surface area contributed by atoms with Crippen LogP contribution in [0.1, 0.15) is 32.1 Å². The molecule has 0 unspecified atom stereocenters. The SMILES string of the molecule is Fc1c(Cl)ncc2c(N3CCOC[C@H]4CC[C@H]43)nc(OC[C@@]34CCCN3C[C@H](F)C4)nc12. The maximum absolute atomic E-state index is 15.0. The lowest BCUT2D eigenvalue weighted by Crippen LogP contribution is -2.48. The Labute approximate surface area is 190 Å². The predicted molar refractivity (Wildman–Crippen MR) is 116 cm³/mol. The molecule has 0 radical (unpaired) electrons. The maximum atomic E-state index is 15.0. The van der Waals surface area contributed by atoms with Crippen molar-refractivity contribution in [3.63, 3.8) is 0 Å². The summed E-state index contributed by atoms with van der Waals surface area (Å²) in [6.07, 6.45) is 5.18. The largest absolute Gasteiger partial charge is 0.461 e. The molecule has 0 aromatic carbocycles. The Balaban J connectivity index is 1.37. The highest BCUT2D eigenvalue weighted by molar-refractivity contribution is 6.30. The second-order valence-electron chi connectivity index (χ2n) is 9.49. The number of fused-ring (bicyclic) bond motifs is 3. The zero-order valence-corrected chi connectivity index (χ0v) is 18.5. The summed E-state index contributed by atoms with van der Waals surface area (Å²) in [6.45, 7) is 3.56. The molecule has 4 atom stereocenters. The standard InChI is InChI=1S/C22H26ClF2N5O2/c23-19-17(25)18-15(9-26-19)20(30-6-7-31-11-13-2-3-16(13)30)28-21(27-18)32-12-22-4-1-5-29(22)10-14(24)8-22/h9,13-14,16H,1-8,10-12H2/t13-,14-,16-,22+/m1/s1. The summed E-state index contributed by atoms with van der Waals surface area (Å²) >= 11 is 5.97. The summed E-state index contributed by atoms with van der Waals surface area (Å²) in [4.78, 5) is 17.4. The van der Waals surface area contributed by atoms with Gasteiger partial charge in [0.15, 0.2) is 11.0 Å². The second-order valence-corrected chi connectivity index (χ2v) is 9.85. The van der Waals surface area contributed by atoms with Crippen LogP contribution in [0.15, 0.2) is 6.20 Å². The van der Waals surface area contributed by atoms with Crippen LogP contribution in [0.5, 0.6) is 6.01 Å². The summed E-state index contributed by atoms with van der Waals surface area (Å²) in [5.41, 5.74) is -0.233. The molecule has 2 aromatic rings. The fraction of sp³-hybridized carbons (Fsp3) is 0.682. The van der Waals surface area contributed by atoms with Gasteiger partial charge in [-0.1, -0.05) is 11.6 Å². The molecule has 2 aromatic heterocycles. The third kappa shape index (κ3) is 3.31. The Kier molecular flexibility index (Phi) is 5.11. The number of alkyl halides is 1. The highest BCUT2D eigenvalue weighted by Gasteiger charge is 2.49. The summed E-state index contributed by atoms with van der Waals surface area (Å²) in [5.74, 6) is 0.353. The molecule has 0 bridgehead atoms. The first-order valence-electron chi connectivity index (χ1n) is 11.4. The molecule has 1 aliphatic carbocycles. The van der Waals surface area contributed by atoms with Crippen molar-refractivity contribution in [3.05, 3.63) is 17.2 Å². The van der Waals surface area contributed by atoms with Crippen LogP contribution in [0.25, 0.3) is 10.9 Å². The lowest BCUT2D eigenvalue weighted by molar-refractivity contribution is 0.0876. The Hall–Kier alpha value is -1.84. The molecule has 3 saturated heterocycles. The van der Waals surface area contributed by atoms with Gasteiger partial charge in [-0.2, -0.15) is 9.97 Å². The molecule has 4 aliphatic rings. The summed E-state index contributed by atoms with van der Waals surface area (Å²) in [7, 11) is 0. The van der Waals surface area contributed by atoms with Crippen molar-refractivity contribution in [1.82, 2.24) is 19.9 Å². The molecular weight excluding hydrogens is 440 g/mol. The molecule has 5 heterocycles. The molecule has 32 heavy (non-hydrogen) atoms. The van der Waals surface area contributed by atoms with Crippen LogP contribution in [0.3, 0.4) is 0 Å². The van der Waals surface area contributed by atoms with E-state index in [1.807, 2.05) is 0 Å². The quantitative estimate of drug-likeness (QED) is 0.641. The molecule has 4 fully saturated rings. The van der Waals surface area contributed by atoms with Gasteiger partial charge in [0, 0.05) is 37.7 Å². The van der Waals surface area contributed by atoms with Gasteiger partial charge in [-0.3, -0.25) is 4.90 Å². The number of nitrogens with zero attached hydrogens (tertiary/aromatic N) is 5. The molecule has 3 aliphatic heterocycles. The zero-order chi connectivity index (χ0) is 21.9. The molecular formula is C22H26ClF2N5O2. The third-order valence-electron chi connectivity index (χ3n) is 7.69. The van der Waals surface area contributed by atoms with E-state index < -0.39 is 12.0 Å². The van der Waals surface area contributed by atoms with Gasteiger partial charge in [-0.15, -0.1) is 0 Å². The third-order valence-corrected chi connectivity index (χ3v) is 7.95. The summed E-state index contributed by atoms with van der Waals surface area (Å²) in [5, 5.41) is 0.280. The highest BCUT2D eigenvalue weighted by atomic mass is 35.5. The maximum Gasteiger partial charge on any atom is 0.319 e. The topological polar surface area (TPSA) is 63.6 Å². The van der Waals surface area contributed by atoms with Crippen molar-refractivity contribution in [2.75, 3.05) is 44.4 Å². The van der Waals surface area contributed by atoms with Crippen molar-refractivity contribution < 1.29 is 18.3 Å². The van der Waals surface area contributed by atoms with Crippen molar-refractivity contribution in [3.8, 4) is 6.01 Å². The molecule has 7 nitrogen and oxygen atoms in total. The van der Waals surface area contributed by atoms with Crippen LogP contribution in [0.2, 0.25) is 5.15 Å². The number of aromatic nitrogens is 3. The normalized spacial score (nSPS) is 32.5. The molecule has 0 amide bonds. The number of halogens is 3. The van der Waals surface area contributed by atoms with Crippen LogP contribution in [0, 0.1) is 11.7 Å². The van der Waals surface area contributed by atoms with Crippen molar-refractivity contribution in [1.29, 1.82) is 0 Å². The minimum absolute atomic E-state index is 0.0956. The van der Waals surface area contributed by atoms with E-state index in [1.165, 1.54) is 6.20 Å². The average molecular weight is 466 g/mol. The summed E-state index contributed by atoms with van der Waals surface area (Å²) in [6, 6.07) is 0.381. The van der Waals surface area contributed by atoms with Crippen LogP contribution in [-0.2, 0) is 4.74 Å². The van der Waals surface area contributed by atoms with Crippen molar-refractivity contribution >= 4 is 28.3 Å². The molecule has 0 spiro atoms. The van der Waals surface area contributed by atoms with Gasteiger partial charge < -0.3 is 14.4 Å². The van der Waals surface area contributed by atoms with E-state index in [9.17, 15) is 8.78 Å². The first kappa shape index (κ1) is 20.7. The number of anilines is 1. The highest BCUT2D eigenvalue weighted by Crippen LogP contribution is 2.42. The van der Waals surface area contributed by atoms with E-state index in [4.69, 9.17) is 26.1 Å². The number of hydrogen-bond acceptors (Lipinski definition) is 7. The Morgan fingerprint density at radius 3 is 3.03 bits per heavy atom. The average Bonchev–Trinajstić information content (AvgIpc) is 3.23. The fourth-order valence-electron chi connectivity index (χ4n) is 5.91. The van der Waals surface area contributed by atoms with E-state index in [0.717, 1.165) is 38.8 Å². The Bertz CT molecular complexity index is 1050. The monoisotopic (exact) mass is 465 g/mol.